The van der Waals surface area contributed by atoms with E-state index in [0.717, 1.165) is 12.1 Å². The Kier molecular flexibility index (Phi) is 2.88. The van der Waals surface area contributed by atoms with Gasteiger partial charge in [-0.15, -0.1) is 6.58 Å². The second kappa shape index (κ2) is 3.75. The maximum Gasteiger partial charge on any atom is 0.104 e. The quantitative estimate of drug-likeness (QED) is 0.714. The van der Waals surface area contributed by atoms with E-state index in [1.54, 1.807) is 17.8 Å². The van der Waals surface area contributed by atoms with Gasteiger partial charge < -0.3 is 5.11 Å². The van der Waals surface area contributed by atoms with Gasteiger partial charge in [0.05, 0.1) is 5.69 Å². The van der Waals surface area contributed by atoms with Gasteiger partial charge in [-0.3, -0.25) is 4.68 Å². The van der Waals surface area contributed by atoms with E-state index in [-0.39, 0.29) is 0 Å². The maximum absolute atomic E-state index is 10.1. The standard InChI is InChI=1S/C10H16N2O/c1-4-5-7-10(2,13)9-6-8-11-12(9)3/h4,6,8,13H,1,5,7H2,2-3H3. The zero-order valence-corrected chi connectivity index (χ0v) is 8.20. The van der Waals surface area contributed by atoms with Crippen molar-refractivity contribution in [2.45, 2.75) is 25.4 Å². The van der Waals surface area contributed by atoms with Crippen LogP contribution < -0.4 is 0 Å². The van der Waals surface area contributed by atoms with Gasteiger partial charge in [0.2, 0.25) is 0 Å². The minimum absolute atomic E-state index is 0.677. The second-order valence-electron chi connectivity index (χ2n) is 3.44. The van der Waals surface area contributed by atoms with Crippen LogP contribution in [0.4, 0.5) is 0 Å². The highest BCUT2D eigenvalue weighted by Crippen LogP contribution is 2.24. The van der Waals surface area contributed by atoms with E-state index < -0.39 is 5.60 Å². The van der Waals surface area contributed by atoms with Crippen molar-refractivity contribution in [2.75, 3.05) is 0 Å². The summed E-state index contributed by atoms with van der Waals surface area (Å²) in [5.74, 6) is 0. The highest BCUT2D eigenvalue weighted by atomic mass is 16.3. The number of rotatable bonds is 4. The minimum atomic E-state index is -0.806. The monoisotopic (exact) mass is 180 g/mol. The zero-order valence-electron chi connectivity index (χ0n) is 8.20. The van der Waals surface area contributed by atoms with Crippen molar-refractivity contribution >= 4 is 0 Å². The molecular weight excluding hydrogens is 164 g/mol. The van der Waals surface area contributed by atoms with Crippen LogP contribution in [0.3, 0.4) is 0 Å². The molecule has 0 aliphatic rings. The molecule has 0 spiro atoms. The topological polar surface area (TPSA) is 38.1 Å². The van der Waals surface area contributed by atoms with Gasteiger partial charge in [0, 0.05) is 13.2 Å². The molecule has 0 aromatic carbocycles. The zero-order chi connectivity index (χ0) is 9.90. The third kappa shape index (κ3) is 2.18. The van der Waals surface area contributed by atoms with Gasteiger partial charge >= 0.3 is 0 Å². The first-order chi connectivity index (χ1) is 6.08. The number of aliphatic hydroxyl groups is 1. The number of hydrogen-bond donors (Lipinski definition) is 1. The lowest BCUT2D eigenvalue weighted by Gasteiger charge is -2.22. The molecule has 1 heterocycles. The summed E-state index contributed by atoms with van der Waals surface area (Å²) in [6.07, 6.45) is 4.98. The first kappa shape index (κ1) is 9.99. The SMILES string of the molecule is C=CCCC(C)(O)c1ccnn1C. The van der Waals surface area contributed by atoms with Crippen LogP contribution in [0.25, 0.3) is 0 Å². The fourth-order valence-electron chi connectivity index (χ4n) is 1.41. The van der Waals surface area contributed by atoms with Gasteiger partial charge in [0.25, 0.3) is 0 Å². The van der Waals surface area contributed by atoms with E-state index in [1.165, 1.54) is 0 Å². The third-order valence-corrected chi connectivity index (χ3v) is 2.21. The smallest absolute Gasteiger partial charge is 0.104 e. The first-order valence-corrected chi connectivity index (χ1v) is 4.39. The Labute approximate surface area is 78.7 Å². The van der Waals surface area contributed by atoms with E-state index in [4.69, 9.17) is 0 Å². The van der Waals surface area contributed by atoms with Crippen molar-refractivity contribution in [3.8, 4) is 0 Å². The fraction of sp³-hybridized carbons (Fsp3) is 0.500. The molecule has 3 nitrogen and oxygen atoms in total. The highest BCUT2D eigenvalue weighted by Gasteiger charge is 2.24. The third-order valence-electron chi connectivity index (χ3n) is 2.21. The Hall–Kier alpha value is -1.09. The molecule has 1 rings (SSSR count). The van der Waals surface area contributed by atoms with Crippen LogP contribution in [0.1, 0.15) is 25.5 Å². The van der Waals surface area contributed by atoms with E-state index in [9.17, 15) is 5.11 Å². The predicted octanol–water partition coefficient (Wildman–Crippen LogP) is 1.59. The Morgan fingerprint density at radius 2 is 2.46 bits per heavy atom. The summed E-state index contributed by atoms with van der Waals surface area (Å²) in [6, 6.07) is 1.84. The number of hydrogen-bond acceptors (Lipinski definition) is 2. The minimum Gasteiger partial charge on any atom is -0.384 e. The van der Waals surface area contributed by atoms with Crippen LogP contribution in [0.15, 0.2) is 24.9 Å². The number of aryl methyl sites for hydroxylation is 1. The van der Waals surface area contributed by atoms with E-state index in [0.29, 0.717) is 6.42 Å². The van der Waals surface area contributed by atoms with E-state index in [2.05, 4.69) is 11.7 Å². The molecule has 1 N–H and O–H groups in total. The predicted molar refractivity (Wildman–Crippen MR) is 52.2 cm³/mol. The van der Waals surface area contributed by atoms with Crippen LogP contribution in [-0.2, 0) is 12.6 Å². The number of aromatic nitrogens is 2. The molecule has 0 aliphatic carbocycles. The lowest BCUT2D eigenvalue weighted by atomic mass is 9.96. The second-order valence-corrected chi connectivity index (χ2v) is 3.44. The van der Waals surface area contributed by atoms with Crippen molar-refractivity contribution < 1.29 is 5.11 Å². The fourth-order valence-corrected chi connectivity index (χ4v) is 1.41. The van der Waals surface area contributed by atoms with Crippen LogP contribution in [-0.4, -0.2) is 14.9 Å². The number of allylic oxidation sites excluding steroid dienone is 1. The van der Waals surface area contributed by atoms with Crippen LogP contribution in [0.5, 0.6) is 0 Å². The maximum atomic E-state index is 10.1. The molecule has 0 saturated heterocycles. The van der Waals surface area contributed by atoms with Gasteiger partial charge in [-0.05, 0) is 25.8 Å². The molecule has 1 aromatic rings. The van der Waals surface area contributed by atoms with Crippen molar-refractivity contribution in [3.63, 3.8) is 0 Å². The molecule has 72 valence electrons. The molecule has 0 amide bonds. The van der Waals surface area contributed by atoms with Crippen molar-refractivity contribution in [2.24, 2.45) is 7.05 Å². The summed E-state index contributed by atoms with van der Waals surface area (Å²) in [4.78, 5) is 0. The molecule has 0 fully saturated rings. The molecule has 3 heteroatoms. The average molecular weight is 180 g/mol. The normalized spacial score (nSPS) is 15.3. The molecule has 1 unspecified atom stereocenters. The molecule has 0 aliphatic heterocycles. The Morgan fingerprint density at radius 3 is 2.92 bits per heavy atom. The highest BCUT2D eigenvalue weighted by molar-refractivity contribution is 5.10. The Morgan fingerprint density at radius 1 is 1.77 bits per heavy atom. The van der Waals surface area contributed by atoms with Crippen LogP contribution in [0.2, 0.25) is 0 Å². The van der Waals surface area contributed by atoms with E-state index in [1.807, 2.05) is 19.2 Å². The average Bonchev–Trinajstić information content (AvgIpc) is 2.48. The summed E-state index contributed by atoms with van der Waals surface area (Å²) < 4.78 is 1.70. The molecular formula is C10H16N2O. The number of nitrogens with zero attached hydrogens (tertiary/aromatic N) is 2. The lowest BCUT2D eigenvalue weighted by molar-refractivity contribution is 0.0404. The largest absolute Gasteiger partial charge is 0.384 e. The molecule has 1 aromatic heterocycles. The molecule has 0 bridgehead atoms. The van der Waals surface area contributed by atoms with Gasteiger partial charge in [0.15, 0.2) is 0 Å². The molecule has 0 saturated carbocycles. The van der Waals surface area contributed by atoms with Crippen molar-refractivity contribution in [1.82, 2.24) is 9.78 Å². The summed E-state index contributed by atoms with van der Waals surface area (Å²) >= 11 is 0. The molecule has 1 atom stereocenters. The van der Waals surface area contributed by atoms with Gasteiger partial charge in [-0.25, -0.2) is 0 Å². The van der Waals surface area contributed by atoms with Crippen molar-refractivity contribution in [1.29, 1.82) is 0 Å². The van der Waals surface area contributed by atoms with Gasteiger partial charge in [-0.1, -0.05) is 6.08 Å². The summed E-state index contributed by atoms with van der Waals surface area (Å²) in [5, 5.41) is 14.1. The van der Waals surface area contributed by atoms with Crippen LogP contribution >= 0.6 is 0 Å². The van der Waals surface area contributed by atoms with Crippen molar-refractivity contribution in [3.05, 3.63) is 30.6 Å². The first-order valence-electron chi connectivity index (χ1n) is 4.39. The Balaban J connectivity index is 2.80. The van der Waals surface area contributed by atoms with Gasteiger partial charge in [0.1, 0.15) is 5.60 Å². The van der Waals surface area contributed by atoms with Gasteiger partial charge in [-0.2, -0.15) is 5.10 Å². The Bertz CT molecular complexity index is 289. The lowest BCUT2D eigenvalue weighted by Crippen LogP contribution is -2.24. The van der Waals surface area contributed by atoms with E-state index >= 15 is 0 Å². The van der Waals surface area contributed by atoms with Crippen LogP contribution in [0, 0.1) is 0 Å². The summed E-state index contributed by atoms with van der Waals surface area (Å²) in [6.45, 7) is 5.43. The molecule has 0 radical (unpaired) electrons. The summed E-state index contributed by atoms with van der Waals surface area (Å²) in [5.41, 5.74) is 0.0359. The molecule has 13 heavy (non-hydrogen) atoms. The summed E-state index contributed by atoms with van der Waals surface area (Å²) in [7, 11) is 1.83.